The molecular formula is C15H21N3O. The van der Waals surface area contributed by atoms with Crippen LogP contribution in [-0.4, -0.2) is 22.2 Å². The van der Waals surface area contributed by atoms with E-state index >= 15 is 0 Å². The summed E-state index contributed by atoms with van der Waals surface area (Å²) in [5.74, 6) is 0.689. The quantitative estimate of drug-likeness (QED) is 0.886. The average molecular weight is 259 g/mol. The Balaban J connectivity index is 2.03. The second-order valence-corrected chi connectivity index (χ2v) is 5.60. The third-order valence-corrected chi connectivity index (χ3v) is 4.28. The number of hydrogen-bond acceptors (Lipinski definition) is 2. The second kappa shape index (κ2) is 4.85. The van der Waals surface area contributed by atoms with E-state index in [9.17, 15) is 4.79 Å². The molecule has 1 unspecified atom stereocenters. The summed E-state index contributed by atoms with van der Waals surface area (Å²) in [5, 5.41) is 3.46. The molecule has 2 heterocycles. The van der Waals surface area contributed by atoms with Crippen molar-refractivity contribution in [2.75, 3.05) is 13.1 Å². The highest BCUT2D eigenvalue weighted by atomic mass is 16.1. The minimum atomic E-state index is 0.0595. The van der Waals surface area contributed by atoms with Crippen molar-refractivity contribution in [3.8, 4) is 0 Å². The summed E-state index contributed by atoms with van der Waals surface area (Å²) < 4.78 is 3.51. The predicted molar refractivity (Wildman–Crippen MR) is 77.5 cm³/mol. The van der Waals surface area contributed by atoms with Crippen molar-refractivity contribution >= 4 is 11.0 Å². The van der Waals surface area contributed by atoms with Crippen LogP contribution in [0.25, 0.3) is 11.0 Å². The van der Waals surface area contributed by atoms with Gasteiger partial charge in [-0.3, -0.25) is 9.13 Å². The number of aryl methyl sites for hydroxylation is 2. The fourth-order valence-corrected chi connectivity index (χ4v) is 3.23. The van der Waals surface area contributed by atoms with Crippen LogP contribution in [0.1, 0.15) is 18.4 Å². The minimum absolute atomic E-state index is 0.0595. The van der Waals surface area contributed by atoms with Gasteiger partial charge in [0.1, 0.15) is 0 Å². The lowest BCUT2D eigenvalue weighted by Crippen LogP contribution is -2.31. The van der Waals surface area contributed by atoms with E-state index in [0.717, 1.165) is 30.5 Å². The van der Waals surface area contributed by atoms with Crippen molar-refractivity contribution in [1.82, 2.24) is 14.5 Å². The molecule has 2 aromatic rings. The lowest BCUT2D eigenvalue weighted by molar-refractivity contribution is 0.376. The molecule has 0 amide bonds. The molecule has 0 aliphatic carbocycles. The summed E-state index contributed by atoms with van der Waals surface area (Å²) >= 11 is 0. The number of aromatic nitrogens is 2. The smallest absolute Gasteiger partial charge is 0.316 e. The van der Waals surface area contributed by atoms with Gasteiger partial charge in [0.2, 0.25) is 0 Å². The summed E-state index contributed by atoms with van der Waals surface area (Å²) in [6, 6.07) is 6.25. The summed E-state index contributed by atoms with van der Waals surface area (Å²) in [4.78, 5) is 12.0. The summed E-state index contributed by atoms with van der Waals surface area (Å²) in [6.07, 6.45) is 3.60. The molecule has 0 saturated carbocycles. The van der Waals surface area contributed by atoms with Crippen molar-refractivity contribution in [2.45, 2.75) is 19.3 Å². The number of piperidine rings is 1. The topological polar surface area (TPSA) is 39.0 Å². The number of benzene rings is 1. The van der Waals surface area contributed by atoms with E-state index in [1.807, 2.05) is 20.2 Å². The Morgan fingerprint density at radius 3 is 2.89 bits per heavy atom. The lowest BCUT2D eigenvalue weighted by Gasteiger charge is -2.23. The molecule has 1 atom stereocenters. The first-order valence-corrected chi connectivity index (χ1v) is 7.02. The maximum Gasteiger partial charge on any atom is 0.328 e. The number of para-hydroxylation sites is 1. The minimum Gasteiger partial charge on any atom is -0.316 e. The van der Waals surface area contributed by atoms with Crippen LogP contribution in [0.2, 0.25) is 0 Å². The van der Waals surface area contributed by atoms with Gasteiger partial charge < -0.3 is 5.32 Å². The maximum atomic E-state index is 12.0. The first-order chi connectivity index (χ1) is 9.18. The molecule has 1 saturated heterocycles. The Labute approximate surface area is 113 Å². The molecule has 19 heavy (non-hydrogen) atoms. The van der Waals surface area contributed by atoms with Crippen LogP contribution in [0, 0.1) is 5.92 Å². The molecule has 1 N–H and O–H groups in total. The van der Waals surface area contributed by atoms with Gasteiger partial charge >= 0.3 is 5.69 Å². The maximum absolute atomic E-state index is 12.0. The largest absolute Gasteiger partial charge is 0.328 e. The van der Waals surface area contributed by atoms with Crippen LogP contribution in [-0.2, 0) is 20.5 Å². The lowest BCUT2D eigenvalue weighted by atomic mass is 9.92. The van der Waals surface area contributed by atoms with Gasteiger partial charge in [0.25, 0.3) is 0 Å². The van der Waals surface area contributed by atoms with Gasteiger partial charge in [-0.05, 0) is 49.9 Å². The highest BCUT2D eigenvalue weighted by molar-refractivity contribution is 5.79. The van der Waals surface area contributed by atoms with Crippen LogP contribution in [0.15, 0.2) is 23.0 Å². The Hall–Kier alpha value is -1.55. The Kier molecular flexibility index (Phi) is 3.19. The van der Waals surface area contributed by atoms with E-state index < -0.39 is 0 Å². The Morgan fingerprint density at radius 1 is 1.32 bits per heavy atom. The molecule has 1 fully saturated rings. The van der Waals surface area contributed by atoms with E-state index in [1.54, 1.807) is 9.13 Å². The van der Waals surface area contributed by atoms with Crippen LogP contribution < -0.4 is 11.0 Å². The molecule has 3 rings (SSSR count). The molecular weight excluding hydrogens is 238 g/mol. The van der Waals surface area contributed by atoms with Gasteiger partial charge in [0.15, 0.2) is 0 Å². The van der Waals surface area contributed by atoms with Gasteiger partial charge in [-0.2, -0.15) is 0 Å². The van der Waals surface area contributed by atoms with Crippen molar-refractivity contribution in [3.63, 3.8) is 0 Å². The van der Waals surface area contributed by atoms with E-state index in [2.05, 4.69) is 17.4 Å². The zero-order chi connectivity index (χ0) is 13.4. The molecule has 4 nitrogen and oxygen atoms in total. The van der Waals surface area contributed by atoms with Gasteiger partial charge in [0.05, 0.1) is 11.0 Å². The van der Waals surface area contributed by atoms with Crippen molar-refractivity contribution < 1.29 is 0 Å². The molecule has 1 aromatic carbocycles. The molecule has 1 aromatic heterocycles. The standard InChI is InChI=1S/C15H21N3O/c1-17-13-7-3-6-12(14(13)18(2)15(17)19)9-11-5-4-8-16-10-11/h3,6-7,11,16H,4-5,8-10H2,1-2H3. The molecule has 0 radical (unpaired) electrons. The molecule has 1 aliphatic rings. The van der Waals surface area contributed by atoms with Crippen LogP contribution >= 0.6 is 0 Å². The van der Waals surface area contributed by atoms with Crippen molar-refractivity contribution in [1.29, 1.82) is 0 Å². The zero-order valence-electron chi connectivity index (χ0n) is 11.6. The Bertz CT molecular complexity index is 647. The van der Waals surface area contributed by atoms with Gasteiger partial charge in [-0.1, -0.05) is 12.1 Å². The first-order valence-electron chi connectivity index (χ1n) is 7.02. The van der Waals surface area contributed by atoms with Crippen LogP contribution in [0.5, 0.6) is 0 Å². The van der Waals surface area contributed by atoms with E-state index in [-0.39, 0.29) is 5.69 Å². The number of imidazole rings is 1. The molecule has 0 spiro atoms. The monoisotopic (exact) mass is 259 g/mol. The van der Waals surface area contributed by atoms with Gasteiger partial charge in [-0.15, -0.1) is 0 Å². The zero-order valence-corrected chi connectivity index (χ0v) is 11.6. The van der Waals surface area contributed by atoms with Crippen LogP contribution in [0.3, 0.4) is 0 Å². The number of nitrogens with zero attached hydrogens (tertiary/aromatic N) is 2. The number of fused-ring (bicyclic) bond motifs is 1. The van der Waals surface area contributed by atoms with E-state index in [0.29, 0.717) is 5.92 Å². The van der Waals surface area contributed by atoms with E-state index in [1.165, 1.54) is 18.4 Å². The van der Waals surface area contributed by atoms with Gasteiger partial charge in [0, 0.05) is 14.1 Å². The average Bonchev–Trinajstić information content (AvgIpc) is 2.66. The SMILES string of the molecule is Cn1c(=O)n(C)c2c(CC3CCCNC3)cccc21. The third-order valence-electron chi connectivity index (χ3n) is 4.28. The second-order valence-electron chi connectivity index (χ2n) is 5.60. The fourth-order valence-electron chi connectivity index (χ4n) is 3.23. The van der Waals surface area contributed by atoms with Gasteiger partial charge in [-0.25, -0.2) is 4.79 Å². The normalized spacial score (nSPS) is 20.0. The van der Waals surface area contributed by atoms with Crippen molar-refractivity contribution in [3.05, 3.63) is 34.2 Å². The number of nitrogens with one attached hydrogen (secondary N) is 1. The molecule has 4 heteroatoms. The molecule has 102 valence electrons. The summed E-state index contributed by atoms with van der Waals surface area (Å²) in [7, 11) is 3.71. The highest BCUT2D eigenvalue weighted by Gasteiger charge is 2.17. The third kappa shape index (κ3) is 2.10. The number of hydrogen-bond donors (Lipinski definition) is 1. The van der Waals surface area contributed by atoms with Crippen molar-refractivity contribution in [2.24, 2.45) is 20.0 Å². The predicted octanol–water partition coefficient (Wildman–Crippen LogP) is 1.42. The van der Waals surface area contributed by atoms with E-state index in [4.69, 9.17) is 0 Å². The summed E-state index contributed by atoms with van der Waals surface area (Å²) in [5.41, 5.74) is 3.49. The Morgan fingerprint density at radius 2 is 2.16 bits per heavy atom. The van der Waals surface area contributed by atoms with Crippen LogP contribution in [0.4, 0.5) is 0 Å². The molecule has 1 aliphatic heterocycles. The summed E-state index contributed by atoms with van der Waals surface area (Å²) in [6.45, 7) is 2.24. The number of rotatable bonds is 2. The first kappa shape index (κ1) is 12.5. The highest BCUT2D eigenvalue weighted by Crippen LogP contribution is 2.22. The molecule has 0 bridgehead atoms. The fraction of sp³-hybridized carbons (Fsp3) is 0.533.